The normalized spacial score (nSPS) is 23.0. The Balaban J connectivity index is 0.00000312. The molecule has 0 aliphatic carbocycles. The zero-order valence-electron chi connectivity index (χ0n) is 16.9. The molecule has 0 aromatic heterocycles. The quantitative estimate of drug-likeness (QED) is 0.371. The topological polar surface area (TPSA) is 40.1 Å². The molecule has 0 aromatic carbocycles. The molecular formula is C19H39IN4O. The van der Waals surface area contributed by atoms with Gasteiger partial charge in [0.15, 0.2) is 5.96 Å². The zero-order chi connectivity index (χ0) is 17.6. The van der Waals surface area contributed by atoms with Crippen LogP contribution >= 0.6 is 24.0 Å². The second-order valence-electron chi connectivity index (χ2n) is 8.31. The van der Waals surface area contributed by atoms with Crippen LogP contribution in [0, 0.1) is 11.8 Å². The summed E-state index contributed by atoms with van der Waals surface area (Å²) in [5, 5.41) is 3.51. The summed E-state index contributed by atoms with van der Waals surface area (Å²) in [5.74, 6) is 2.71. The minimum absolute atomic E-state index is 0. The molecule has 1 unspecified atom stereocenters. The Kier molecular flexibility index (Phi) is 10.0. The molecule has 25 heavy (non-hydrogen) atoms. The van der Waals surface area contributed by atoms with E-state index in [1.807, 2.05) is 0 Å². The van der Waals surface area contributed by atoms with Gasteiger partial charge in [-0.15, -0.1) is 24.0 Å². The van der Waals surface area contributed by atoms with Crippen molar-refractivity contribution in [1.29, 1.82) is 0 Å². The molecule has 0 bridgehead atoms. The highest BCUT2D eigenvalue weighted by Crippen LogP contribution is 2.23. The summed E-state index contributed by atoms with van der Waals surface area (Å²) in [7, 11) is 0. The number of nitrogens with zero attached hydrogens (tertiary/aromatic N) is 3. The van der Waals surface area contributed by atoms with Gasteiger partial charge in [-0.2, -0.15) is 0 Å². The number of aliphatic imine (C=N–C) groups is 1. The Morgan fingerprint density at radius 3 is 2.52 bits per heavy atom. The highest BCUT2D eigenvalue weighted by atomic mass is 127. The van der Waals surface area contributed by atoms with E-state index in [0.29, 0.717) is 0 Å². The van der Waals surface area contributed by atoms with Crippen LogP contribution in [0.5, 0.6) is 0 Å². The van der Waals surface area contributed by atoms with Crippen LogP contribution in [0.4, 0.5) is 0 Å². The Hall–Kier alpha value is -0.0800. The zero-order valence-corrected chi connectivity index (χ0v) is 19.2. The molecule has 0 amide bonds. The van der Waals surface area contributed by atoms with Crippen molar-refractivity contribution in [3.63, 3.8) is 0 Å². The third-order valence-corrected chi connectivity index (χ3v) is 5.21. The predicted molar refractivity (Wildman–Crippen MR) is 117 cm³/mol. The summed E-state index contributed by atoms with van der Waals surface area (Å²) in [4.78, 5) is 9.98. The van der Waals surface area contributed by atoms with Crippen LogP contribution in [0.25, 0.3) is 0 Å². The molecule has 0 radical (unpaired) electrons. The molecule has 0 saturated carbocycles. The van der Waals surface area contributed by atoms with Crippen LogP contribution in [-0.2, 0) is 4.74 Å². The summed E-state index contributed by atoms with van der Waals surface area (Å²) >= 11 is 0. The highest BCUT2D eigenvalue weighted by molar-refractivity contribution is 14.0. The van der Waals surface area contributed by atoms with E-state index >= 15 is 0 Å². The van der Waals surface area contributed by atoms with E-state index in [2.05, 4.69) is 49.7 Å². The molecule has 2 rings (SSSR count). The standard InChI is InChI=1S/C19H38N4O.HI/c1-6-20-18(22-8-7-17(14-22)13-16(2)3)21-15-19(4,5)23-9-11-24-12-10-23;/h16-17H,6-15H2,1-5H3,(H,20,21);1H. The third-order valence-electron chi connectivity index (χ3n) is 5.21. The van der Waals surface area contributed by atoms with E-state index < -0.39 is 0 Å². The minimum atomic E-state index is 0. The molecule has 2 fully saturated rings. The van der Waals surface area contributed by atoms with Crippen LogP contribution in [-0.4, -0.2) is 73.8 Å². The fraction of sp³-hybridized carbons (Fsp3) is 0.947. The number of guanidine groups is 1. The first-order valence-electron chi connectivity index (χ1n) is 9.78. The molecule has 2 aliphatic rings. The van der Waals surface area contributed by atoms with Crippen molar-refractivity contribution in [2.45, 2.75) is 53.0 Å². The van der Waals surface area contributed by atoms with Crippen molar-refractivity contribution >= 4 is 29.9 Å². The van der Waals surface area contributed by atoms with Crippen LogP contribution in [0.2, 0.25) is 0 Å². The van der Waals surface area contributed by atoms with Gasteiger partial charge < -0.3 is 15.0 Å². The van der Waals surface area contributed by atoms with E-state index in [1.165, 1.54) is 12.8 Å². The molecule has 1 atom stereocenters. The molecule has 0 spiro atoms. The maximum Gasteiger partial charge on any atom is 0.193 e. The first-order valence-corrected chi connectivity index (χ1v) is 9.78. The van der Waals surface area contributed by atoms with Gasteiger partial charge in [0.1, 0.15) is 0 Å². The highest BCUT2D eigenvalue weighted by Gasteiger charge is 2.29. The lowest BCUT2D eigenvalue weighted by Crippen LogP contribution is -2.52. The van der Waals surface area contributed by atoms with Gasteiger partial charge in [-0.3, -0.25) is 9.89 Å². The second kappa shape index (κ2) is 10.9. The van der Waals surface area contributed by atoms with Gasteiger partial charge in [-0.1, -0.05) is 13.8 Å². The van der Waals surface area contributed by atoms with Crippen molar-refractivity contribution in [3.8, 4) is 0 Å². The van der Waals surface area contributed by atoms with Crippen LogP contribution in [0.1, 0.15) is 47.5 Å². The Morgan fingerprint density at radius 1 is 1.24 bits per heavy atom. The smallest absolute Gasteiger partial charge is 0.193 e. The maximum atomic E-state index is 5.49. The predicted octanol–water partition coefficient (Wildman–Crippen LogP) is 3.05. The summed E-state index contributed by atoms with van der Waals surface area (Å²) < 4.78 is 5.49. The van der Waals surface area contributed by atoms with Gasteiger partial charge in [0.2, 0.25) is 0 Å². The average Bonchev–Trinajstić information content (AvgIpc) is 3.00. The Labute approximate surface area is 172 Å². The average molecular weight is 466 g/mol. The van der Waals surface area contributed by atoms with E-state index in [4.69, 9.17) is 9.73 Å². The lowest BCUT2D eigenvalue weighted by Gasteiger charge is -2.40. The lowest BCUT2D eigenvalue weighted by molar-refractivity contribution is -0.00688. The number of rotatable bonds is 6. The molecule has 5 nitrogen and oxygen atoms in total. The van der Waals surface area contributed by atoms with E-state index in [0.717, 1.165) is 70.3 Å². The molecular weight excluding hydrogens is 427 g/mol. The number of hydrogen-bond acceptors (Lipinski definition) is 3. The monoisotopic (exact) mass is 466 g/mol. The summed E-state index contributed by atoms with van der Waals surface area (Å²) in [6, 6.07) is 0. The van der Waals surface area contributed by atoms with Gasteiger partial charge in [0.05, 0.1) is 19.8 Å². The summed E-state index contributed by atoms with van der Waals surface area (Å²) in [6.45, 7) is 19.2. The number of ether oxygens (including phenoxy) is 1. The Bertz CT molecular complexity index is 408. The van der Waals surface area contributed by atoms with Crippen LogP contribution in [0.15, 0.2) is 4.99 Å². The van der Waals surface area contributed by atoms with Gasteiger partial charge in [0.25, 0.3) is 0 Å². The molecule has 2 saturated heterocycles. The Morgan fingerprint density at radius 2 is 1.92 bits per heavy atom. The number of hydrogen-bond donors (Lipinski definition) is 1. The van der Waals surface area contributed by atoms with Crippen molar-refractivity contribution < 1.29 is 4.74 Å². The third kappa shape index (κ3) is 7.21. The maximum absolute atomic E-state index is 5.49. The lowest BCUT2D eigenvalue weighted by atomic mass is 9.97. The van der Waals surface area contributed by atoms with Crippen molar-refractivity contribution in [2.75, 3.05) is 52.5 Å². The molecule has 1 N–H and O–H groups in total. The van der Waals surface area contributed by atoms with Crippen molar-refractivity contribution in [2.24, 2.45) is 16.8 Å². The fourth-order valence-corrected chi connectivity index (χ4v) is 3.85. The first-order chi connectivity index (χ1) is 11.4. The van der Waals surface area contributed by atoms with Gasteiger partial charge in [-0.05, 0) is 45.4 Å². The minimum Gasteiger partial charge on any atom is -0.379 e. The van der Waals surface area contributed by atoms with Gasteiger partial charge in [-0.25, -0.2) is 0 Å². The number of nitrogens with one attached hydrogen (secondary N) is 1. The second-order valence-corrected chi connectivity index (χ2v) is 8.31. The van der Waals surface area contributed by atoms with E-state index in [9.17, 15) is 0 Å². The van der Waals surface area contributed by atoms with Crippen LogP contribution < -0.4 is 5.32 Å². The van der Waals surface area contributed by atoms with Crippen molar-refractivity contribution in [3.05, 3.63) is 0 Å². The summed E-state index contributed by atoms with van der Waals surface area (Å²) in [6.07, 6.45) is 2.63. The number of halogens is 1. The largest absolute Gasteiger partial charge is 0.379 e. The molecule has 6 heteroatoms. The number of morpholine rings is 1. The van der Waals surface area contributed by atoms with Gasteiger partial charge in [0, 0.05) is 38.3 Å². The van der Waals surface area contributed by atoms with E-state index in [-0.39, 0.29) is 29.5 Å². The van der Waals surface area contributed by atoms with Crippen molar-refractivity contribution in [1.82, 2.24) is 15.1 Å². The SMILES string of the molecule is CCNC(=NCC(C)(C)N1CCOCC1)N1CCC(CC(C)C)C1.I. The van der Waals surface area contributed by atoms with Crippen LogP contribution in [0.3, 0.4) is 0 Å². The first kappa shape index (κ1) is 23.0. The molecule has 2 heterocycles. The summed E-state index contributed by atoms with van der Waals surface area (Å²) in [5.41, 5.74) is 0.0848. The van der Waals surface area contributed by atoms with E-state index in [1.54, 1.807) is 0 Å². The molecule has 0 aromatic rings. The molecule has 148 valence electrons. The van der Waals surface area contributed by atoms with Gasteiger partial charge >= 0.3 is 0 Å². The fourth-order valence-electron chi connectivity index (χ4n) is 3.85. The number of likely N-dealkylation sites (tertiary alicyclic amines) is 1. The molecule has 2 aliphatic heterocycles.